The van der Waals surface area contributed by atoms with Crippen molar-refractivity contribution in [1.82, 2.24) is 0 Å². The van der Waals surface area contributed by atoms with Gasteiger partial charge in [0.15, 0.2) is 0 Å². The first-order chi connectivity index (χ1) is 10.7. The lowest BCUT2D eigenvalue weighted by molar-refractivity contribution is 0.0211. The molecule has 0 amide bonds. The zero-order valence-corrected chi connectivity index (χ0v) is 14.1. The van der Waals surface area contributed by atoms with Crippen LogP contribution in [-0.4, -0.2) is 26.4 Å². The minimum absolute atomic E-state index is 0.122. The molecule has 0 N–H and O–H groups in total. The number of hydrogen-bond donors (Lipinski definition) is 0. The van der Waals surface area contributed by atoms with Crippen molar-refractivity contribution < 1.29 is 14.2 Å². The number of benzene rings is 1. The highest BCUT2D eigenvalue weighted by molar-refractivity contribution is 5.66. The van der Waals surface area contributed by atoms with Crippen LogP contribution in [0.2, 0.25) is 0 Å². The SMILES string of the molecule is C=Cc1cc(OCC(CCCC)OCC)c(C=C)cc1OC. The predicted octanol–water partition coefficient (Wildman–Crippen LogP) is 4.96. The lowest BCUT2D eigenvalue weighted by Gasteiger charge is -2.19. The van der Waals surface area contributed by atoms with Crippen molar-refractivity contribution in [3.63, 3.8) is 0 Å². The van der Waals surface area contributed by atoms with Crippen molar-refractivity contribution in [3.05, 3.63) is 36.4 Å². The van der Waals surface area contributed by atoms with Crippen molar-refractivity contribution in [3.8, 4) is 11.5 Å². The molecule has 3 heteroatoms. The number of methoxy groups -OCH3 is 1. The van der Waals surface area contributed by atoms with Crippen LogP contribution in [0.3, 0.4) is 0 Å². The summed E-state index contributed by atoms with van der Waals surface area (Å²) in [5.74, 6) is 1.55. The van der Waals surface area contributed by atoms with E-state index in [2.05, 4.69) is 20.1 Å². The Hall–Kier alpha value is -1.74. The fourth-order valence-corrected chi connectivity index (χ4v) is 2.28. The normalized spacial score (nSPS) is 11.8. The van der Waals surface area contributed by atoms with Crippen LogP contribution in [0.4, 0.5) is 0 Å². The van der Waals surface area contributed by atoms with Crippen molar-refractivity contribution in [2.45, 2.75) is 39.2 Å². The van der Waals surface area contributed by atoms with E-state index in [4.69, 9.17) is 14.2 Å². The van der Waals surface area contributed by atoms with E-state index in [9.17, 15) is 0 Å². The van der Waals surface area contributed by atoms with Gasteiger partial charge in [-0.25, -0.2) is 0 Å². The maximum absolute atomic E-state index is 5.98. The topological polar surface area (TPSA) is 27.7 Å². The van der Waals surface area contributed by atoms with Crippen LogP contribution < -0.4 is 9.47 Å². The van der Waals surface area contributed by atoms with E-state index >= 15 is 0 Å². The van der Waals surface area contributed by atoms with Crippen LogP contribution in [0.25, 0.3) is 12.2 Å². The van der Waals surface area contributed by atoms with Crippen LogP contribution in [0.5, 0.6) is 11.5 Å². The van der Waals surface area contributed by atoms with Gasteiger partial charge in [0, 0.05) is 17.7 Å². The number of unbranched alkanes of at least 4 members (excludes halogenated alkanes) is 1. The molecule has 1 atom stereocenters. The van der Waals surface area contributed by atoms with Gasteiger partial charge in [-0.15, -0.1) is 0 Å². The lowest BCUT2D eigenvalue weighted by atomic mass is 10.1. The Balaban J connectivity index is 2.86. The van der Waals surface area contributed by atoms with Crippen LogP contribution in [0.1, 0.15) is 44.2 Å². The molecule has 0 aliphatic heterocycles. The highest BCUT2D eigenvalue weighted by Crippen LogP contribution is 2.30. The molecule has 0 radical (unpaired) electrons. The first kappa shape index (κ1) is 18.3. The summed E-state index contributed by atoms with van der Waals surface area (Å²) in [6, 6.07) is 3.85. The molecule has 0 bridgehead atoms. The Bertz CT molecular complexity index is 480. The molecule has 0 heterocycles. The average Bonchev–Trinajstić information content (AvgIpc) is 2.56. The Morgan fingerprint density at radius 2 is 1.73 bits per heavy atom. The Kier molecular flexibility index (Phi) is 8.38. The van der Waals surface area contributed by atoms with Gasteiger partial charge < -0.3 is 14.2 Å². The van der Waals surface area contributed by atoms with E-state index in [1.165, 1.54) is 0 Å². The monoisotopic (exact) mass is 304 g/mol. The fourth-order valence-electron chi connectivity index (χ4n) is 2.28. The summed E-state index contributed by atoms with van der Waals surface area (Å²) in [6.45, 7) is 13.1. The molecule has 1 aromatic rings. The van der Waals surface area contributed by atoms with Crippen LogP contribution in [0, 0.1) is 0 Å². The molecule has 0 aliphatic rings. The quantitative estimate of drug-likeness (QED) is 0.578. The molecule has 1 aromatic carbocycles. The zero-order chi connectivity index (χ0) is 16.4. The summed E-state index contributed by atoms with van der Waals surface area (Å²) in [6.07, 6.45) is 6.96. The summed E-state index contributed by atoms with van der Waals surface area (Å²) in [5, 5.41) is 0. The molecule has 122 valence electrons. The average molecular weight is 304 g/mol. The molecule has 3 nitrogen and oxygen atoms in total. The first-order valence-corrected chi connectivity index (χ1v) is 7.91. The third-order valence-electron chi connectivity index (χ3n) is 3.51. The highest BCUT2D eigenvalue weighted by atomic mass is 16.5. The minimum Gasteiger partial charge on any atom is -0.496 e. The van der Waals surface area contributed by atoms with Crippen molar-refractivity contribution >= 4 is 12.2 Å². The summed E-state index contributed by atoms with van der Waals surface area (Å²) in [5.41, 5.74) is 1.82. The van der Waals surface area contributed by atoms with Crippen molar-refractivity contribution in [1.29, 1.82) is 0 Å². The number of hydrogen-bond acceptors (Lipinski definition) is 3. The van der Waals surface area contributed by atoms with Crippen LogP contribution in [-0.2, 0) is 4.74 Å². The molecule has 1 rings (SSSR count). The molecule has 22 heavy (non-hydrogen) atoms. The summed E-state index contributed by atoms with van der Waals surface area (Å²) in [7, 11) is 1.64. The number of rotatable bonds is 11. The van der Waals surface area contributed by atoms with Gasteiger partial charge in [-0.3, -0.25) is 0 Å². The van der Waals surface area contributed by atoms with Crippen molar-refractivity contribution in [2.24, 2.45) is 0 Å². The van der Waals surface area contributed by atoms with Gasteiger partial charge in [-0.1, -0.05) is 45.1 Å². The van der Waals surface area contributed by atoms with Gasteiger partial charge >= 0.3 is 0 Å². The Morgan fingerprint density at radius 3 is 2.27 bits per heavy atom. The highest BCUT2D eigenvalue weighted by Gasteiger charge is 2.12. The minimum atomic E-state index is 0.122. The zero-order valence-electron chi connectivity index (χ0n) is 14.1. The number of ether oxygens (including phenoxy) is 3. The molecule has 1 unspecified atom stereocenters. The second-order valence-electron chi connectivity index (χ2n) is 5.07. The van der Waals surface area contributed by atoms with Gasteiger partial charge in [0.25, 0.3) is 0 Å². The van der Waals surface area contributed by atoms with Gasteiger partial charge in [0.05, 0.1) is 13.2 Å². The molecule has 0 saturated heterocycles. The smallest absolute Gasteiger partial charge is 0.127 e. The Labute approximate surface area is 134 Å². The van der Waals surface area contributed by atoms with Gasteiger partial charge in [0.2, 0.25) is 0 Å². The van der Waals surface area contributed by atoms with Gasteiger partial charge in [-0.2, -0.15) is 0 Å². The molecule has 0 aromatic heterocycles. The molecular formula is C19H28O3. The second-order valence-corrected chi connectivity index (χ2v) is 5.07. The molecule has 0 aliphatic carbocycles. The third-order valence-corrected chi connectivity index (χ3v) is 3.51. The molecular weight excluding hydrogens is 276 g/mol. The van der Waals surface area contributed by atoms with E-state index in [0.29, 0.717) is 13.2 Å². The molecule has 0 spiro atoms. The third kappa shape index (κ3) is 5.23. The van der Waals surface area contributed by atoms with Crippen LogP contribution in [0.15, 0.2) is 25.3 Å². The van der Waals surface area contributed by atoms with E-state index in [1.54, 1.807) is 19.3 Å². The van der Waals surface area contributed by atoms with E-state index in [1.807, 2.05) is 19.1 Å². The maximum atomic E-state index is 5.98. The summed E-state index contributed by atoms with van der Waals surface area (Å²) in [4.78, 5) is 0. The molecule has 0 fully saturated rings. The first-order valence-electron chi connectivity index (χ1n) is 7.91. The van der Waals surface area contributed by atoms with E-state index in [0.717, 1.165) is 41.9 Å². The van der Waals surface area contributed by atoms with E-state index < -0.39 is 0 Å². The lowest BCUT2D eigenvalue weighted by Crippen LogP contribution is -2.22. The summed E-state index contributed by atoms with van der Waals surface area (Å²) < 4.78 is 17.1. The summed E-state index contributed by atoms with van der Waals surface area (Å²) >= 11 is 0. The second kappa shape index (κ2) is 10.1. The standard InChI is InChI=1S/C19H28O3/c1-6-10-11-17(21-9-4)14-22-19-13-15(7-2)18(20-5)12-16(19)8-3/h7-8,12-13,17H,2-3,6,9-11,14H2,1,4-5H3. The van der Waals surface area contributed by atoms with Crippen molar-refractivity contribution in [2.75, 3.05) is 20.3 Å². The van der Waals surface area contributed by atoms with Crippen LogP contribution >= 0.6 is 0 Å². The largest absolute Gasteiger partial charge is 0.496 e. The Morgan fingerprint density at radius 1 is 1.09 bits per heavy atom. The van der Waals surface area contributed by atoms with E-state index in [-0.39, 0.29) is 6.10 Å². The predicted molar refractivity (Wildman–Crippen MR) is 93.6 cm³/mol. The fraction of sp³-hybridized carbons (Fsp3) is 0.474. The maximum Gasteiger partial charge on any atom is 0.127 e. The van der Waals surface area contributed by atoms with Gasteiger partial charge in [0.1, 0.15) is 18.1 Å². The van der Waals surface area contributed by atoms with Gasteiger partial charge in [-0.05, 0) is 25.5 Å². The molecule has 0 saturated carbocycles.